The topological polar surface area (TPSA) is 54.8 Å². The first-order valence-electron chi connectivity index (χ1n) is 10.4. The van der Waals surface area contributed by atoms with Gasteiger partial charge in [0.25, 0.3) is 0 Å². The number of para-hydroxylation sites is 1. The van der Waals surface area contributed by atoms with E-state index < -0.39 is 0 Å². The van der Waals surface area contributed by atoms with Crippen molar-refractivity contribution in [2.24, 2.45) is 0 Å². The zero-order valence-corrected chi connectivity index (χ0v) is 17.7. The summed E-state index contributed by atoms with van der Waals surface area (Å²) >= 11 is 0. The highest BCUT2D eigenvalue weighted by Crippen LogP contribution is 2.31. The predicted octanol–water partition coefficient (Wildman–Crippen LogP) is 5.55. The van der Waals surface area contributed by atoms with Crippen molar-refractivity contribution in [2.45, 2.75) is 46.6 Å². The van der Waals surface area contributed by atoms with Crippen LogP contribution < -0.4 is 10.9 Å². The standard InChI is InChI=1S/C24H31N5/c1-5-9-13-18(7-3)17-29-21(16-10-6-2)27-22-23(29)19-14-11-12-15-20(19)26-24(22)28-25-8-4/h5,7,9,11-15,25H,1,6,8,10,16-17H2,2-4H3,(H,26,28)/b13-9-,18-7+. The Bertz CT molecular complexity index is 1040. The van der Waals surface area contributed by atoms with Crippen molar-refractivity contribution in [3.63, 3.8) is 0 Å². The molecule has 3 aromatic rings. The fourth-order valence-electron chi connectivity index (χ4n) is 3.45. The molecule has 2 aromatic heterocycles. The van der Waals surface area contributed by atoms with Gasteiger partial charge in [0.2, 0.25) is 0 Å². The summed E-state index contributed by atoms with van der Waals surface area (Å²) in [6, 6.07) is 8.29. The number of nitrogens with zero attached hydrogens (tertiary/aromatic N) is 3. The van der Waals surface area contributed by atoms with Crippen LogP contribution in [0, 0.1) is 0 Å². The maximum atomic E-state index is 5.05. The summed E-state index contributed by atoms with van der Waals surface area (Å²) in [5.74, 6) is 1.88. The molecule has 0 amide bonds. The van der Waals surface area contributed by atoms with Gasteiger partial charge >= 0.3 is 0 Å². The fraction of sp³-hybridized carbons (Fsp3) is 0.333. The van der Waals surface area contributed by atoms with Gasteiger partial charge in [-0.15, -0.1) is 0 Å². The monoisotopic (exact) mass is 389 g/mol. The normalized spacial score (nSPS) is 12.3. The summed E-state index contributed by atoms with van der Waals surface area (Å²) in [7, 11) is 0. The summed E-state index contributed by atoms with van der Waals surface area (Å²) in [6.07, 6.45) is 11.3. The number of fused-ring (bicyclic) bond motifs is 3. The molecule has 29 heavy (non-hydrogen) atoms. The van der Waals surface area contributed by atoms with E-state index in [-0.39, 0.29) is 0 Å². The van der Waals surface area contributed by atoms with Gasteiger partial charge in [0.05, 0.1) is 11.0 Å². The highest BCUT2D eigenvalue weighted by molar-refractivity contribution is 6.07. The van der Waals surface area contributed by atoms with Gasteiger partial charge in [0.1, 0.15) is 11.3 Å². The van der Waals surface area contributed by atoms with Crippen molar-refractivity contribution in [3.05, 3.63) is 66.5 Å². The highest BCUT2D eigenvalue weighted by Gasteiger charge is 2.18. The second-order valence-electron chi connectivity index (χ2n) is 7.01. The summed E-state index contributed by atoms with van der Waals surface area (Å²) in [5, 5.41) is 1.13. The Hall–Kier alpha value is -2.92. The van der Waals surface area contributed by atoms with E-state index in [9.17, 15) is 0 Å². The molecule has 2 heterocycles. The molecule has 0 atom stereocenters. The molecule has 0 saturated heterocycles. The lowest BCUT2D eigenvalue weighted by molar-refractivity contribution is 0.690. The van der Waals surface area contributed by atoms with Crippen LogP contribution in [0.2, 0.25) is 0 Å². The van der Waals surface area contributed by atoms with E-state index in [2.05, 4.69) is 73.1 Å². The second kappa shape index (κ2) is 10.0. The Kier molecular flexibility index (Phi) is 7.19. The van der Waals surface area contributed by atoms with Gasteiger partial charge in [-0.1, -0.05) is 69.4 Å². The molecule has 0 bridgehead atoms. The van der Waals surface area contributed by atoms with Gasteiger partial charge in [0.15, 0.2) is 5.82 Å². The van der Waals surface area contributed by atoms with E-state index in [1.165, 1.54) is 5.57 Å². The Morgan fingerprint density at radius 1 is 1.21 bits per heavy atom. The zero-order chi connectivity index (χ0) is 20.6. The van der Waals surface area contributed by atoms with Crippen LogP contribution in [0.5, 0.6) is 0 Å². The second-order valence-corrected chi connectivity index (χ2v) is 7.01. The van der Waals surface area contributed by atoms with Crippen LogP contribution in [0.1, 0.15) is 39.4 Å². The van der Waals surface area contributed by atoms with E-state index in [1.807, 2.05) is 18.2 Å². The zero-order valence-electron chi connectivity index (χ0n) is 17.7. The number of hydrogen-bond donors (Lipinski definition) is 2. The number of anilines is 1. The van der Waals surface area contributed by atoms with Crippen molar-refractivity contribution in [1.29, 1.82) is 0 Å². The summed E-state index contributed by atoms with van der Waals surface area (Å²) in [6.45, 7) is 11.7. The number of allylic oxidation sites excluding steroid dienone is 5. The third kappa shape index (κ3) is 4.57. The maximum absolute atomic E-state index is 5.05. The minimum Gasteiger partial charge on any atom is -0.323 e. The molecule has 5 nitrogen and oxygen atoms in total. The number of unbranched alkanes of at least 4 members (excludes halogenated alkanes) is 1. The first kappa shape index (κ1) is 20.8. The van der Waals surface area contributed by atoms with Crippen LogP contribution in [0.25, 0.3) is 21.9 Å². The van der Waals surface area contributed by atoms with Gasteiger partial charge in [-0.3, -0.25) is 0 Å². The minimum absolute atomic E-state index is 0.769. The van der Waals surface area contributed by atoms with Crippen LogP contribution in [-0.2, 0) is 13.0 Å². The first-order valence-corrected chi connectivity index (χ1v) is 10.4. The van der Waals surface area contributed by atoms with Crippen molar-refractivity contribution < 1.29 is 0 Å². The molecular weight excluding hydrogens is 358 g/mol. The number of hydrogen-bond acceptors (Lipinski definition) is 4. The number of aromatic nitrogens is 3. The number of pyridine rings is 1. The van der Waals surface area contributed by atoms with Crippen molar-refractivity contribution in [3.8, 4) is 0 Å². The van der Waals surface area contributed by atoms with Gasteiger partial charge in [0, 0.05) is 24.9 Å². The van der Waals surface area contributed by atoms with Crippen molar-refractivity contribution >= 4 is 27.8 Å². The lowest BCUT2D eigenvalue weighted by Crippen LogP contribution is -2.21. The van der Waals surface area contributed by atoms with Gasteiger partial charge < -0.3 is 9.99 Å². The SMILES string of the molecule is C=C/C=C\C(=C/C)Cn1c(CCCC)nc2c(NNCC)nc3ccccc3c21. The number of benzene rings is 1. The molecule has 0 unspecified atom stereocenters. The third-order valence-corrected chi connectivity index (χ3v) is 4.96. The molecule has 0 fully saturated rings. The molecule has 0 saturated carbocycles. The van der Waals surface area contributed by atoms with Crippen molar-refractivity contribution in [1.82, 2.24) is 20.0 Å². The fourth-order valence-corrected chi connectivity index (χ4v) is 3.45. The van der Waals surface area contributed by atoms with E-state index in [1.54, 1.807) is 0 Å². The van der Waals surface area contributed by atoms with E-state index in [0.717, 1.165) is 65.9 Å². The molecule has 0 aliphatic heterocycles. The molecule has 0 radical (unpaired) electrons. The minimum atomic E-state index is 0.769. The van der Waals surface area contributed by atoms with Gasteiger partial charge in [-0.05, 0) is 25.0 Å². The molecule has 5 heteroatoms. The summed E-state index contributed by atoms with van der Waals surface area (Å²) in [4.78, 5) is 9.88. The Morgan fingerprint density at radius 3 is 2.76 bits per heavy atom. The lowest BCUT2D eigenvalue weighted by Gasteiger charge is -2.13. The summed E-state index contributed by atoms with van der Waals surface area (Å²) in [5.41, 5.74) is 10.7. The Morgan fingerprint density at radius 2 is 2.03 bits per heavy atom. The van der Waals surface area contributed by atoms with Crippen LogP contribution in [0.4, 0.5) is 5.82 Å². The average molecular weight is 390 g/mol. The van der Waals surface area contributed by atoms with Crippen LogP contribution >= 0.6 is 0 Å². The molecule has 152 valence electrons. The van der Waals surface area contributed by atoms with Crippen LogP contribution in [-0.4, -0.2) is 21.1 Å². The molecule has 1 aromatic carbocycles. The molecular formula is C24H31N5. The maximum Gasteiger partial charge on any atom is 0.169 e. The molecule has 0 aliphatic carbocycles. The third-order valence-electron chi connectivity index (χ3n) is 4.96. The number of hydrazine groups is 1. The predicted molar refractivity (Wildman–Crippen MR) is 124 cm³/mol. The van der Waals surface area contributed by atoms with Gasteiger partial charge in [-0.2, -0.15) is 0 Å². The average Bonchev–Trinajstić information content (AvgIpc) is 3.11. The van der Waals surface area contributed by atoms with E-state index in [4.69, 9.17) is 9.97 Å². The lowest BCUT2D eigenvalue weighted by atomic mass is 10.1. The molecule has 0 spiro atoms. The number of nitrogens with one attached hydrogen (secondary N) is 2. The quantitative estimate of drug-likeness (QED) is 0.352. The molecule has 2 N–H and O–H groups in total. The Balaban J connectivity index is 2.26. The number of imidazole rings is 1. The van der Waals surface area contributed by atoms with E-state index in [0.29, 0.717) is 0 Å². The van der Waals surface area contributed by atoms with Crippen molar-refractivity contribution in [2.75, 3.05) is 12.0 Å². The highest BCUT2D eigenvalue weighted by atomic mass is 15.4. The summed E-state index contributed by atoms with van der Waals surface area (Å²) < 4.78 is 2.36. The molecule has 0 aliphatic rings. The largest absolute Gasteiger partial charge is 0.323 e. The smallest absolute Gasteiger partial charge is 0.169 e. The van der Waals surface area contributed by atoms with Crippen LogP contribution in [0.15, 0.2) is 60.7 Å². The van der Waals surface area contributed by atoms with E-state index >= 15 is 0 Å². The molecule has 3 rings (SSSR count). The van der Waals surface area contributed by atoms with Gasteiger partial charge in [-0.25, -0.2) is 15.4 Å². The Labute approximate surface area is 173 Å². The number of aryl methyl sites for hydroxylation is 1. The first-order chi connectivity index (χ1) is 14.2. The van der Waals surface area contributed by atoms with Crippen LogP contribution in [0.3, 0.4) is 0 Å². The number of rotatable bonds is 10.